The third kappa shape index (κ3) is 3.54. The number of hydrogen-bond acceptors (Lipinski definition) is 3. The van der Waals surface area contributed by atoms with Gasteiger partial charge in [-0.2, -0.15) is 0 Å². The Morgan fingerprint density at radius 1 is 1.41 bits per heavy atom. The molecule has 4 nitrogen and oxygen atoms in total. The molecule has 0 saturated heterocycles. The van der Waals surface area contributed by atoms with E-state index in [0.717, 1.165) is 45.2 Å². The molecule has 1 aliphatic rings. The van der Waals surface area contributed by atoms with Crippen LogP contribution in [0.5, 0.6) is 0 Å². The van der Waals surface area contributed by atoms with Crippen molar-refractivity contribution in [3.63, 3.8) is 0 Å². The van der Waals surface area contributed by atoms with Gasteiger partial charge in [0.2, 0.25) is 0 Å². The number of imidazole rings is 1. The molecule has 4 heteroatoms. The molecule has 0 bridgehead atoms. The molecule has 1 aromatic rings. The van der Waals surface area contributed by atoms with Gasteiger partial charge in [-0.25, -0.2) is 4.98 Å². The summed E-state index contributed by atoms with van der Waals surface area (Å²) in [5, 5.41) is 13.0. The molecule has 1 saturated carbocycles. The van der Waals surface area contributed by atoms with Gasteiger partial charge in [-0.05, 0) is 32.1 Å². The van der Waals surface area contributed by atoms with Crippen LogP contribution in [0.3, 0.4) is 0 Å². The van der Waals surface area contributed by atoms with Crippen LogP contribution in [0.4, 0.5) is 0 Å². The monoisotopic (exact) mass is 237 g/mol. The molecule has 96 valence electrons. The molecule has 0 aromatic carbocycles. The van der Waals surface area contributed by atoms with Crippen molar-refractivity contribution in [3.05, 3.63) is 18.2 Å². The van der Waals surface area contributed by atoms with E-state index in [9.17, 15) is 5.11 Å². The highest BCUT2D eigenvalue weighted by Crippen LogP contribution is 2.18. The molecule has 0 radical (unpaired) electrons. The summed E-state index contributed by atoms with van der Waals surface area (Å²) < 4.78 is 2.21. The summed E-state index contributed by atoms with van der Waals surface area (Å²) in [6.45, 7) is 4.11. The first-order chi connectivity index (χ1) is 8.29. The Hall–Kier alpha value is -0.870. The first-order valence-electron chi connectivity index (χ1n) is 6.70. The van der Waals surface area contributed by atoms with Crippen molar-refractivity contribution < 1.29 is 5.11 Å². The molecule has 0 aliphatic heterocycles. The largest absolute Gasteiger partial charge is 0.393 e. The number of rotatable bonds is 5. The van der Waals surface area contributed by atoms with Crippen LogP contribution >= 0.6 is 0 Å². The molecule has 1 heterocycles. The standard InChI is InChI=1S/C13H23N3O/c1-2-7-16-10-14-8-12(16)9-15-11-3-5-13(17)6-4-11/h8,10-11,13,15,17H,2-7,9H2,1H3. The third-order valence-corrected chi connectivity index (χ3v) is 3.53. The van der Waals surface area contributed by atoms with Crippen LogP contribution in [0.15, 0.2) is 12.5 Å². The van der Waals surface area contributed by atoms with Gasteiger partial charge >= 0.3 is 0 Å². The SMILES string of the molecule is CCCn1cncc1CNC1CCC(O)CC1. The van der Waals surface area contributed by atoms with Crippen LogP contribution in [0.25, 0.3) is 0 Å². The van der Waals surface area contributed by atoms with E-state index in [1.54, 1.807) is 0 Å². The van der Waals surface area contributed by atoms with Crippen molar-refractivity contribution in [1.82, 2.24) is 14.9 Å². The van der Waals surface area contributed by atoms with Gasteiger partial charge in [-0.15, -0.1) is 0 Å². The fraction of sp³-hybridized carbons (Fsp3) is 0.769. The maximum atomic E-state index is 9.45. The quantitative estimate of drug-likeness (QED) is 0.819. The first-order valence-corrected chi connectivity index (χ1v) is 6.70. The molecule has 0 amide bonds. The van der Waals surface area contributed by atoms with Crippen molar-refractivity contribution in [1.29, 1.82) is 0 Å². The predicted octanol–water partition coefficient (Wildman–Crippen LogP) is 1.69. The lowest BCUT2D eigenvalue weighted by molar-refractivity contribution is 0.116. The van der Waals surface area contributed by atoms with Crippen LogP contribution in [-0.4, -0.2) is 26.8 Å². The zero-order valence-electron chi connectivity index (χ0n) is 10.6. The van der Waals surface area contributed by atoms with Gasteiger partial charge in [0.1, 0.15) is 0 Å². The average molecular weight is 237 g/mol. The molecule has 17 heavy (non-hydrogen) atoms. The summed E-state index contributed by atoms with van der Waals surface area (Å²) in [6.07, 6.45) is 8.97. The van der Waals surface area contributed by atoms with E-state index in [-0.39, 0.29) is 6.10 Å². The fourth-order valence-electron chi connectivity index (χ4n) is 2.47. The molecule has 1 aliphatic carbocycles. The smallest absolute Gasteiger partial charge is 0.0948 e. The van der Waals surface area contributed by atoms with Gasteiger partial charge in [-0.1, -0.05) is 6.92 Å². The Labute approximate surface area is 103 Å². The number of hydrogen-bond donors (Lipinski definition) is 2. The van der Waals surface area contributed by atoms with Crippen LogP contribution in [-0.2, 0) is 13.1 Å². The first kappa shape index (κ1) is 12.6. The Bertz CT molecular complexity index is 329. The lowest BCUT2D eigenvalue weighted by Crippen LogP contribution is -2.34. The minimum atomic E-state index is -0.0707. The summed E-state index contributed by atoms with van der Waals surface area (Å²) in [7, 11) is 0. The second kappa shape index (κ2) is 6.17. The second-order valence-corrected chi connectivity index (χ2v) is 4.96. The van der Waals surface area contributed by atoms with E-state index in [0.29, 0.717) is 6.04 Å². The maximum Gasteiger partial charge on any atom is 0.0948 e. The van der Waals surface area contributed by atoms with Gasteiger partial charge in [0.25, 0.3) is 0 Å². The molecule has 1 fully saturated rings. The van der Waals surface area contributed by atoms with Gasteiger partial charge in [0.05, 0.1) is 18.1 Å². The highest BCUT2D eigenvalue weighted by Gasteiger charge is 2.18. The van der Waals surface area contributed by atoms with Gasteiger partial charge < -0.3 is 15.0 Å². The summed E-state index contributed by atoms with van der Waals surface area (Å²) in [4.78, 5) is 4.20. The van der Waals surface area contributed by atoms with Crippen LogP contribution < -0.4 is 5.32 Å². The molecular weight excluding hydrogens is 214 g/mol. The molecule has 0 unspecified atom stereocenters. The van der Waals surface area contributed by atoms with Crippen molar-refractivity contribution in [3.8, 4) is 0 Å². The lowest BCUT2D eigenvalue weighted by atomic mass is 9.93. The normalized spacial score (nSPS) is 25.1. The Morgan fingerprint density at radius 2 is 2.18 bits per heavy atom. The maximum absolute atomic E-state index is 9.45. The fourth-order valence-corrected chi connectivity index (χ4v) is 2.47. The van der Waals surface area contributed by atoms with Gasteiger partial charge in [-0.3, -0.25) is 0 Å². The summed E-state index contributed by atoms with van der Waals surface area (Å²) in [6, 6.07) is 0.559. The zero-order chi connectivity index (χ0) is 12.1. The van der Waals surface area contributed by atoms with Crippen molar-refractivity contribution in [2.24, 2.45) is 0 Å². The predicted molar refractivity (Wildman–Crippen MR) is 67.6 cm³/mol. The summed E-state index contributed by atoms with van der Waals surface area (Å²) in [5.74, 6) is 0. The average Bonchev–Trinajstić information content (AvgIpc) is 2.77. The minimum Gasteiger partial charge on any atom is -0.393 e. The molecular formula is C13H23N3O. The van der Waals surface area contributed by atoms with Crippen molar-refractivity contribution in [2.75, 3.05) is 0 Å². The topological polar surface area (TPSA) is 50.1 Å². The van der Waals surface area contributed by atoms with Crippen molar-refractivity contribution in [2.45, 2.75) is 64.3 Å². The minimum absolute atomic E-state index is 0.0707. The molecule has 2 N–H and O–H groups in total. The Morgan fingerprint density at radius 3 is 2.88 bits per heavy atom. The van der Waals surface area contributed by atoms with E-state index in [2.05, 4.69) is 21.8 Å². The van der Waals surface area contributed by atoms with Crippen molar-refractivity contribution >= 4 is 0 Å². The lowest BCUT2D eigenvalue weighted by Gasteiger charge is -2.26. The molecule has 2 rings (SSSR count). The van der Waals surface area contributed by atoms with E-state index in [1.807, 2.05) is 12.5 Å². The number of aryl methyl sites for hydroxylation is 1. The Balaban J connectivity index is 1.79. The van der Waals surface area contributed by atoms with E-state index >= 15 is 0 Å². The summed E-state index contributed by atoms with van der Waals surface area (Å²) >= 11 is 0. The number of aliphatic hydroxyl groups excluding tert-OH is 1. The number of nitrogens with zero attached hydrogens (tertiary/aromatic N) is 2. The number of nitrogens with one attached hydrogen (secondary N) is 1. The zero-order valence-corrected chi connectivity index (χ0v) is 10.6. The van der Waals surface area contributed by atoms with E-state index in [4.69, 9.17) is 0 Å². The van der Waals surface area contributed by atoms with Crippen LogP contribution in [0.1, 0.15) is 44.7 Å². The van der Waals surface area contributed by atoms with Crippen LogP contribution in [0, 0.1) is 0 Å². The third-order valence-electron chi connectivity index (χ3n) is 3.53. The molecule has 1 aromatic heterocycles. The number of aromatic nitrogens is 2. The van der Waals surface area contributed by atoms with E-state index < -0.39 is 0 Å². The highest BCUT2D eigenvalue weighted by molar-refractivity contribution is 4.98. The highest BCUT2D eigenvalue weighted by atomic mass is 16.3. The van der Waals surface area contributed by atoms with E-state index in [1.165, 1.54) is 5.69 Å². The second-order valence-electron chi connectivity index (χ2n) is 4.96. The van der Waals surface area contributed by atoms with Gasteiger partial charge in [0, 0.05) is 25.3 Å². The summed E-state index contributed by atoms with van der Waals surface area (Å²) in [5.41, 5.74) is 1.26. The number of aliphatic hydroxyl groups is 1. The molecule has 0 spiro atoms. The van der Waals surface area contributed by atoms with Crippen LogP contribution in [0.2, 0.25) is 0 Å². The Kier molecular flexibility index (Phi) is 4.57. The van der Waals surface area contributed by atoms with Gasteiger partial charge in [0.15, 0.2) is 0 Å². The molecule has 0 atom stereocenters.